The van der Waals surface area contributed by atoms with E-state index in [0.29, 0.717) is 11.5 Å². The van der Waals surface area contributed by atoms with Crippen molar-refractivity contribution in [2.24, 2.45) is 5.73 Å². The number of thiocarbonyl (C=S) groups is 1. The standard InChI is InChI=1S/C13H21N3OS2/c1-8-7-9(2)16-13(11(8)12(14)18)15-6-5-10(3)19(4)17/h7,10H,5-6H2,1-4H3,(H2,14,18)(H,15,16). The first kappa shape index (κ1) is 16.0. The molecule has 0 saturated carbocycles. The molecular formula is C13H21N3OS2. The van der Waals surface area contributed by atoms with Gasteiger partial charge >= 0.3 is 0 Å². The first-order chi connectivity index (χ1) is 8.82. The highest BCUT2D eigenvalue weighted by Crippen LogP contribution is 2.18. The molecule has 3 N–H and O–H groups in total. The topological polar surface area (TPSA) is 68.0 Å². The molecule has 0 aliphatic rings. The number of nitrogens with one attached hydrogen (secondary N) is 1. The fourth-order valence-electron chi connectivity index (χ4n) is 1.84. The summed E-state index contributed by atoms with van der Waals surface area (Å²) in [5.41, 5.74) is 8.49. The summed E-state index contributed by atoms with van der Waals surface area (Å²) in [6, 6.07) is 1.96. The van der Waals surface area contributed by atoms with Crippen LogP contribution in [-0.4, -0.2) is 32.2 Å². The molecule has 2 atom stereocenters. The zero-order valence-electron chi connectivity index (χ0n) is 11.8. The van der Waals surface area contributed by atoms with E-state index in [1.54, 1.807) is 6.26 Å². The molecule has 19 heavy (non-hydrogen) atoms. The number of rotatable bonds is 6. The van der Waals surface area contributed by atoms with Crippen LogP contribution in [0.1, 0.15) is 30.2 Å². The molecule has 0 radical (unpaired) electrons. The van der Waals surface area contributed by atoms with Gasteiger partial charge in [0.1, 0.15) is 10.8 Å². The van der Waals surface area contributed by atoms with Crippen molar-refractivity contribution in [3.8, 4) is 0 Å². The zero-order valence-corrected chi connectivity index (χ0v) is 13.5. The second-order valence-electron chi connectivity index (χ2n) is 4.69. The molecule has 4 nitrogen and oxygen atoms in total. The summed E-state index contributed by atoms with van der Waals surface area (Å²) in [4.78, 5) is 4.79. The Kier molecular flexibility index (Phi) is 5.87. The highest BCUT2D eigenvalue weighted by atomic mass is 32.2. The van der Waals surface area contributed by atoms with E-state index in [0.717, 1.165) is 29.1 Å². The van der Waals surface area contributed by atoms with Crippen molar-refractivity contribution in [1.82, 2.24) is 4.98 Å². The van der Waals surface area contributed by atoms with Crippen LogP contribution in [0.15, 0.2) is 6.07 Å². The molecule has 0 amide bonds. The van der Waals surface area contributed by atoms with Crippen LogP contribution >= 0.6 is 12.2 Å². The second-order valence-corrected chi connectivity index (χ2v) is 6.93. The first-order valence-electron chi connectivity index (χ1n) is 6.17. The van der Waals surface area contributed by atoms with Crippen LogP contribution in [0.3, 0.4) is 0 Å². The molecule has 0 fully saturated rings. The maximum atomic E-state index is 11.3. The van der Waals surface area contributed by atoms with Crippen LogP contribution in [-0.2, 0) is 10.8 Å². The van der Waals surface area contributed by atoms with Gasteiger partial charge in [-0.05, 0) is 31.9 Å². The van der Waals surface area contributed by atoms with Crippen molar-refractivity contribution < 1.29 is 4.21 Å². The lowest BCUT2D eigenvalue weighted by Crippen LogP contribution is -2.19. The van der Waals surface area contributed by atoms with E-state index in [1.165, 1.54) is 0 Å². The third-order valence-electron chi connectivity index (χ3n) is 3.00. The monoisotopic (exact) mass is 299 g/mol. The van der Waals surface area contributed by atoms with Crippen LogP contribution in [0.2, 0.25) is 0 Å². The van der Waals surface area contributed by atoms with Crippen molar-refractivity contribution >= 4 is 33.8 Å². The molecule has 1 heterocycles. The van der Waals surface area contributed by atoms with E-state index < -0.39 is 10.8 Å². The predicted octanol–water partition coefficient (Wildman–Crippen LogP) is 1.90. The van der Waals surface area contributed by atoms with Gasteiger partial charge in [0.2, 0.25) is 0 Å². The van der Waals surface area contributed by atoms with E-state index in [2.05, 4.69) is 10.3 Å². The summed E-state index contributed by atoms with van der Waals surface area (Å²) >= 11 is 5.07. The van der Waals surface area contributed by atoms with Gasteiger partial charge < -0.3 is 11.1 Å². The van der Waals surface area contributed by atoms with E-state index >= 15 is 0 Å². The lowest BCUT2D eigenvalue weighted by Gasteiger charge is -2.15. The van der Waals surface area contributed by atoms with Gasteiger partial charge in [-0.1, -0.05) is 19.1 Å². The van der Waals surface area contributed by atoms with Gasteiger partial charge in [0.05, 0.1) is 5.56 Å². The first-order valence-corrected chi connectivity index (χ1v) is 8.20. The van der Waals surface area contributed by atoms with Gasteiger partial charge in [-0.25, -0.2) is 4.98 Å². The summed E-state index contributed by atoms with van der Waals surface area (Å²) in [7, 11) is -0.802. The minimum absolute atomic E-state index is 0.159. The Morgan fingerprint density at radius 2 is 2.21 bits per heavy atom. The lowest BCUT2D eigenvalue weighted by atomic mass is 10.1. The van der Waals surface area contributed by atoms with Crippen LogP contribution in [0, 0.1) is 13.8 Å². The molecule has 0 aromatic carbocycles. The van der Waals surface area contributed by atoms with E-state index in [9.17, 15) is 4.21 Å². The summed E-state index contributed by atoms with van der Waals surface area (Å²) < 4.78 is 11.3. The van der Waals surface area contributed by atoms with E-state index in [-0.39, 0.29) is 5.25 Å². The molecule has 0 aliphatic heterocycles. The van der Waals surface area contributed by atoms with Crippen LogP contribution in [0.4, 0.5) is 5.82 Å². The lowest BCUT2D eigenvalue weighted by molar-refractivity contribution is 0.672. The van der Waals surface area contributed by atoms with Crippen molar-refractivity contribution in [3.05, 3.63) is 22.9 Å². The fraction of sp³-hybridized carbons (Fsp3) is 0.538. The van der Waals surface area contributed by atoms with Gasteiger partial charge in [-0.15, -0.1) is 0 Å². The molecular weight excluding hydrogens is 278 g/mol. The highest BCUT2D eigenvalue weighted by Gasteiger charge is 2.12. The van der Waals surface area contributed by atoms with Crippen LogP contribution < -0.4 is 11.1 Å². The van der Waals surface area contributed by atoms with E-state index in [4.69, 9.17) is 18.0 Å². The molecule has 2 unspecified atom stereocenters. The third-order valence-corrected chi connectivity index (χ3v) is 4.57. The number of hydrogen-bond donors (Lipinski definition) is 2. The Bertz CT molecular complexity index is 503. The predicted molar refractivity (Wildman–Crippen MR) is 86.2 cm³/mol. The molecule has 0 spiro atoms. The van der Waals surface area contributed by atoms with Gasteiger partial charge in [0.15, 0.2) is 0 Å². The Morgan fingerprint density at radius 1 is 1.58 bits per heavy atom. The largest absolute Gasteiger partial charge is 0.389 e. The molecule has 0 aliphatic carbocycles. The molecule has 106 valence electrons. The summed E-state index contributed by atoms with van der Waals surface area (Å²) in [5.74, 6) is 0.721. The number of pyridine rings is 1. The Balaban J connectivity index is 2.83. The van der Waals surface area contributed by atoms with E-state index in [1.807, 2.05) is 26.8 Å². The zero-order chi connectivity index (χ0) is 14.6. The average Bonchev–Trinajstić information content (AvgIpc) is 2.26. The van der Waals surface area contributed by atoms with Crippen molar-refractivity contribution in [3.63, 3.8) is 0 Å². The average molecular weight is 299 g/mol. The van der Waals surface area contributed by atoms with Crippen LogP contribution in [0.25, 0.3) is 0 Å². The summed E-state index contributed by atoms with van der Waals surface area (Å²) in [6.45, 7) is 6.58. The Morgan fingerprint density at radius 3 is 2.74 bits per heavy atom. The maximum absolute atomic E-state index is 11.3. The normalized spacial score (nSPS) is 13.9. The van der Waals surface area contributed by atoms with Crippen molar-refractivity contribution in [2.45, 2.75) is 32.4 Å². The molecule has 1 aromatic rings. The van der Waals surface area contributed by atoms with Gasteiger partial charge in [-0.3, -0.25) is 4.21 Å². The number of aryl methyl sites for hydroxylation is 2. The smallest absolute Gasteiger partial charge is 0.136 e. The molecule has 1 aromatic heterocycles. The quantitative estimate of drug-likeness (QED) is 0.785. The Labute approximate surface area is 122 Å². The van der Waals surface area contributed by atoms with Gasteiger partial charge in [-0.2, -0.15) is 0 Å². The number of nitrogens with two attached hydrogens (primary N) is 1. The fourth-order valence-corrected chi connectivity index (χ4v) is 2.54. The van der Waals surface area contributed by atoms with Gasteiger partial charge in [0.25, 0.3) is 0 Å². The van der Waals surface area contributed by atoms with Crippen LogP contribution in [0.5, 0.6) is 0 Å². The Hall–Kier alpha value is -1.01. The summed E-state index contributed by atoms with van der Waals surface area (Å²) in [6.07, 6.45) is 2.54. The second kappa shape index (κ2) is 6.96. The SMILES string of the molecule is Cc1cc(C)c(C(N)=S)c(NCCC(C)S(C)=O)n1. The highest BCUT2D eigenvalue weighted by molar-refractivity contribution is 7.84. The van der Waals surface area contributed by atoms with Gasteiger partial charge in [0, 0.05) is 34.5 Å². The number of nitrogens with zero attached hydrogens (tertiary/aromatic N) is 1. The molecule has 1 rings (SSSR count). The molecule has 6 heteroatoms. The molecule has 0 saturated heterocycles. The molecule has 0 bridgehead atoms. The number of hydrogen-bond acceptors (Lipinski definition) is 4. The maximum Gasteiger partial charge on any atom is 0.136 e. The number of aromatic nitrogens is 1. The summed E-state index contributed by atoms with van der Waals surface area (Å²) in [5, 5.41) is 3.41. The minimum Gasteiger partial charge on any atom is -0.389 e. The van der Waals surface area contributed by atoms with Crippen molar-refractivity contribution in [1.29, 1.82) is 0 Å². The number of anilines is 1. The van der Waals surface area contributed by atoms with Crippen molar-refractivity contribution in [2.75, 3.05) is 18.1 Å². The minimum atomic E-state index is -0.802. The third kappa shape index (κ3) is 4.54.